The van der Waals surface area contributed by atoms with Crippen molar-refractivity contribution in [1.29, 1.82) is 0 Å². The minimum atomic E-state index is -0.530. The third-order valence-electron chi connectivity index (χ3n) is 5.10. The number of para-hydroxylation sites is 1. The fraction of sp³-hybridized carbons (Fsp3) is 0.364. The second kappa shape index (κ2) is 9.92. The lowest BCUT2D eigenvalue weighted by molar-refractivity contribution is -0.135. The van der Waals surface area contributed by atoms with E-state index in [2.05, 4.69) is 4.98 Å². The first-order chi connectivity index (χ1) is 15.5. The number of thiophene rings is 1. The third kappa shape index (κ3) is 4.81. The van der Waals surface area contributed by atoms with E-state index in [-0.39, 0.29) is 31.2 Å². The Morgan fingerprint density at radius 2 is 1.91 bits per heavy atom. The summed E-state index contributed by atoms with van der Waals surface area (Å²) < 4.78 is 17.4. The Balaban J connectivity index is 1.43. The van der Waals surface area contributed by atoms with E-state index in [4.69, 9.17) is 14.2 Å². The first-order valence-electron chi connectivity index (χ1n) is 10.2. The molecule has 3 aromatic rings. The molecule has 1 fully saturated rings. The largest absolute Gasteiger partial charge is 0.490 e. The number of morpholine rings is 1. The Labute approximate surface area is 188 Å². The van der Waals surface area contributed by atoms with Crippen LogP contribution in [0.4, 0.5) is 0 Å². The zero-order chi connectivity index (χ0) is 22.5. The lowest BCUT2D eigenvalue weighted by Crippen LogP contribution is -2.43. The number of hydrogen-bond donors (Lipinski definition) is 0. The van der Waals surface area contributed by atoms with E-state index in [1.54, 1.807) is 11.8 Å². The number of hydrogen-bond acceptors (Lipinski definition) is 8. The van der Waals surface area contributed by atoms with Crippen molar-refractivity contribution < 1.29 is 23.8 Å². The molecule has 10 heteroatoms. The van der Waals surface area contributed by atoms with Crippen LogP contribution in [0.2, 0.25) is 0 Å². The van der Waals surface area contributed by atoms with Crippen LogP contribution in [0.25, 0.3) is 10.2 Å². The van der Waals surface area contributed by atoms with Crippen LogP contribution in [0.15, 0.2) is 41.5 Å². The normalized spacial score (nSPS) is 13.8. The highest BCUT2D eigenvalue weighted by molar-refractivity contribution is 7.20. The zero-order valence-electron chi connectivity index (χ0n) is 17.6. The third-order valence-corrected chi connectivity index (χ3v) is 6.28. The van der Waals surface area contributed by atoms with E-state index in [0.717, 1.165) is 11.3 Å². The number of fused-ring (bicyclic) bond motifs is 1. The molecule has 0 spiro atoms. The molecule has 0 aliphatic carbocycles. The molecule has 32 heavy (non-hydrogen) atoms. The van der Waals surface area contributed by atoms with E-state index >= 15 is 0 Å². The van der Waals surface area contributed by atoms with Gasteiger partial charge in [-0.05, 0) is 24.6 Å². The van der Waals surface area contributed by atoms with Gasteiger partial charge in [0.1, 0.15) is 35.2 Å². The fourth-order valence-electron chi connectivity index (χ4n) is 3.40. The number of carbonyl (C=O) groups is 2. The standard InChI is InChI=1S/C22H23N3O6S/c1-15-18-20(23-14-25(21(18)27)13-17(26)24-7-9-29-10-8-24)32-19(15)22(28)31-12-11-30-16-5-3-2-4-6-16/h2-6,14H,7-13H2,1H3. The SMILES string of the molecule is Cc1c(C(=O)OCCOc2ccccc2)sc2ncn(CC(=O)N3CCOCC3)c(=O)c12. The van der Waals surface area contributed by atoms with Crippen LogP contribution in [-0.4, -0.2) is 65.8 Å². The molecule has 0 atom stereocenters. The predicted molar refractivity (Wildman–Crippen MR) is 118 cm³/mol. The minimum Gasteiger partial charge on any atom is -0.490 e. The molecule has 9 nitrogen and oxygen atoms in total. The van der Waals surface area contributed by atoms with Crippen molar-refractivity contribution in [2.75, 3.05) is 39.5 Å². The monoisotopic (exact) mass is 457 g/mol. The van der Waals surface area contributed by atoms with E-state index in [1.165, 1.54) is 10.9 Å². The summed E-state index contributed by atoms with van der Waals surface area (Å²) in [5.41, 5.74) is 0.154. The Bertz CT molecular complexity index is 1170. The number of aryl methyl sites for hydroxylation is 1. The van der Waals surface area contributed by atoms with Crippen molar-refractivity contribution in [3.05, 3.63) is 57.5 Å². The topological polar surface area (TPSA) is 100.0 Å². The number of rotatable bonds is 7. The van der Waals surface area contributed by atoms with Gasteiger partial charge in [0.15, 0.2) is 0 Å². The summed E-state index contributed by atoms with van der Waals surface area (Å²) in [6.07, 6.45) is 1.35. The highest BCUT2D eigenvalue weighted by atomic mass is 32.1. The molecular formula is C22H23N3O6S. The molecule has 0 N–H and O–H groups in total. The van der Waals surface area contributed by atoms with Gasteiger partial charge in [-0.15, -0.1) is 11.3 Å². The Kier molecular flexibility index (Phi) is 6.81. The lowest BCUT2D eigenvalue weighted by Gasteiger charge is -2.26. The van der Waals surface area contributed by atoms with Gasteiger partial charge in [-0.25, -0.2) is 9.78 Å². The van der Waals surface area contributed by atoms with Gasteiger partial charge in [0.2, 0.25) is 5.91 Å². The van der Waals surface area contributed by atoms with Crippen molar-refractivity contribution >= 4 is 33.4 Å². The summed E-state index contributed by atoms with van der Waals surface area (Å²) in [5.74, 6) is -0.00189. The molecule has 2 aromatic heterocycles. The average molecular weight is 458 g/mol. The molecule has 1 saturated heterocycles. The van der Waals surface area contributed by atoms with Gasteiger partial charge in [0, 0.05) is 13.1 Å². The van der Waals surface area contributed by atoms with Crippen LogP contribution in [-0.2, 0) is 20.8 Å². The van der Waals surface area contributed by atoms with Crippen LogP contribution >= 0.6 is 11.3 Å². The van der Waals surface area contributed by atoms with Crippen LogP contribution in [0, 0.1) is 6.92 Å². The molecule has 3 heterocycles. The fourth-order valence-corrected chi connectivity index (χ4v) is 4.43. The van der Waals surface area contributed by atoms with Gasteiger partial charge in [-0.1, -0.05) is 18.2 Å². The molecule has 1 aromatic carbocycles. The average Bonchev–Trinajstić information content (AvgIpc) is 3.16. The van der Waals surface area contributed by atoms with Gasteiger partial charge < -0.3 is 19.1 Å². The van der Waals surface area contributed by atoms with Crippen molar-refractivity contribution in [1.82, 2.24) is 14.5 Å². The van der Waals surface area contributed by atoms with Crippen LogP contribution in [0.3, 0.4) is 0 Å². The van der Waals surface area contributed by atoms with Gasteiger partial charge in [-0.3, -0.25) is 14.2 Å². The van der Waals surface area contributed by atoms with Gasteiger partial charge in [-0.2, -0.15) is 0 Å². The first-order valence-corrected chi connectivity index (χ1v) is 11.1. The number of benzene rings is 1. The number of aromatic nitrogens is 2. The summed E-state index contributed by atoms with van der Waals surface area (Å²) in [6, 6.07) is 9.24. The molecule has 0 bridgehead atoms. The van der Waals surface area contributed by atoms with Crippen LogP contribution < -0.4 is 10.3 Å². The molecule has 0 unspecified atom stereocenters. The Morgan fingerprint density at radius 3 is 2.66 bits per heavy atom. The van der Waals surface area contributed by atoms with Crippen molar-refractivity contribution in [3.8, 4) is 5.75 Å². The molecule has 0 saturated carbocycles. The molecular weight excluding hydrogens is 434 g/mol. The second-order valence-electron chi connectivity index (χ2n) is 7.20. The van der Waals surface area contributed by atoms with Gasteiger partial charge in [0.05, 0.1) is 24.9 Å². The maximum absolute atomic E-state index is 13.0. The predicted octanol–water partition coefficient (Wildman–Crippen LogP) is 1.86. The number of nitrogens with zero attached hydrogens (tertiary/aromatic N) is 3. The summed E-state index contributed by atoms with van der Waals surface area (Å²) in [7, 11) is 0. The van der Waals surface area contributed by atoms with E-state index in [9.17, 15) is 14.4 Å². The molecule has 4 rings (SSSR count). The highest BCUT2D eigenvalue weighted by Gasteiger charge is 2.22. The Hall–Kier alpha value is -3.24. The van der Waals surface area contributed by atoms with Crippen molar-refractivity contribution in [2.45, 2.75) is 13.5 Å². The maximum atomic E-state index is 13.0. The number of amides is 1. The Morgan fingerprint density at radius 1 is 1.16 bits per heavy atom. The number of carbonyl (C=O) groups excluding carboxylic acids is 2. The minimum absolute atomic E-state index is 0.0765. The smallest absolute Gasteiger partial charge is 0.348 e. The van der Waals surface area contributed by atoms with Gasteiger partial charge >= 0.3 is 5.97 Å². The molecule has 1 aliphatic rings. The second-order valence-corrected chi connectivity index (χ2v) is 8.20. The maximum Gasteiger partial charge on any atom is 0.348 e. The summed E-state index contributed by atoms with van der Waals surface area (Å²) in [4.78, 5) is 44.8. The lowest BCUT2D eigenvalue weighted by atomic mass is 10.2. The van der Waals surface area contributed by atoms with Crippen molar-refractivity contribution in [2.24, 2.45) is 0 Å². The van der Waals surface area contributed by atoms with Crippen LogP contribution in [0.1, 0.15) is 15.2 Å². The summed E-state index contributed by atoms with van der Waals surface area (Å²) >= 11 is 1.10. The molecule has 0 radical (unpaired) electrons. The number of ether oxygens (including phenoxy) is 3. The molecule has 168 valence electrons. The number of esters is 1. The van der Waals surface area contributed by atoms with Crippen molar-refractivity contribution in [3.63, 3.8) is 0 Å². The van der Waals surface area contributed by atoms with E-state index in [1.807, 2.05) is 30.3 Å². The van der Waals surface area contributed by atoms with Crippen LogP contribution in [0.5, 0.6) is 5.75 Å². The quantitative estimate of drug-likeness (QED) is 0.394. The highest BCUT2D eigenvalue weighted by Crippen LogP contribution is 2.27. The molecule has 1 aliphatic heterocycles. The zero-order valence-corrected chi connectivity index (χ0v) is 18.4. The van der Waals surface area contributed by atoms with Gasteiger partial charge in [0.25, 0.3) is 5.56 Å². The first kappa shape index (κ1) is 22.0. The summed E-state index contributed by atoms with van der Waals surface area (Å²) in [5, 5.41) is 0.333. The summed E-state index contributed by atoms with van der Waals surface area (Å²) in [6.45, 7) is 3.87. The molecule has 1 amide bonds. The van der Waals surface area contributed by atoms with E-state index < -0.39 is 5.97 Å². The van der Waals surface area contributed by atoms with E-state index in [0.29, 0.717) is 52.7 Å².